The number of rotatable bonds is 5. The van der Waals surface area contributed by atoms with Crippen molar-refractivity contribution in [3.8, 4) is 0 Å². The van der Waals surface area contributed by atoms with Crippen molar-refractivity contribution in [3.63, 3.8) is 0 Å². The van der Waals surface area contributed by atoms with E-state index in [9.17, 15) is 9.59 Å². The zero-order valence-corrected chi connectivity index (χ0v) is 11.4. The number of carbonyl (C=O) groups excluding carboxylic acids is 1. The van der Waals surface area contributed by atoms with E-state index in [2.05, 4.69) is 0 Å². The molecule has 0 radical (unpaired) electrons. The normalized spacial score (nSPS) is 12.1. The van der Waals surface area contributed by atoms with E-state index >= 15 is 0 Å². The molecule has 1 aromatic carbocycles. The molecule has 0 bridgehead atoms. The Kier molecular flexibility index (Phi) is 4.35. The summed E-state index contributed by atoms with van der Waals surface area (Å²) >= 11 is 7.17. The molecule has 1 heterocycles. The van der Waals surface area contributed by atoms with Crippen LogP contribution in [0.5, 0.6) is 0 Å². The number of benzene rings is 1. The summed E-state index contributed by atoms with van der Waals surface area (Å²) in [6.45, 7) is 0. The second-order valence-corrected chi connectivity index (χ2v) is 5.45. The third-order valence-corrected chi connectivity index (χ3v) is 3.95. The van der Waals surface area contributed by atoms with Crippen LogP contribution in [0.1, 0.15) is 27.6 Å². The van der Waals surface area contributed by atoms with E-state index in [0.29, 0.717) is 10.6 Å². The van der Waals surface area contributed by atoms with Gasteiger partial charge in [0.2, 0.25) is 0 Å². The summed E-state index contributed by atoms with van der Waals surface area (Å²) in [5.41, 5.74) is 0.476. The zero-order chi connectivity index (χ0) is 13.8. The van der Waals surface area contributed by atoms with Crippen molar-refractivity contribution in [3.05, 3.63) is 57.2 Å². The van der Waals surface area contributed by atoms with Crippen molar-refractivity contribution in [1.82, 2.24) is 0 Å². The first kappa shape index (κ1) is 13.8. The second kappa shape index (κ2) is 5.99. The van der Waals surface area contributed by atoms with Crippen LogP contribution in [0.3, 0.4) is 0 Å². The van der Waals surface area contributed by atoms with Gasteiger partial charge in [0.15, 0.2) is 5.78 Å². The highest BCUT2D eigenvalue weighted by molar-refractivity contribution is 7.10. The quantitative estimate of drug-likeness (QED) is 0.852. The van der Waals surface area contributed by atoms with Crippen molar-refractivity contribution in [2.45, 2.75) is 12.3 Å². The van der Waals surface area contributed by atoms with Gasteiger partial charge in [-0.2, -0.15) is 0 Å². The molecule has 98 valence electrons. The summed E-state index contributed by atoms with van der Waals surface area (Å²) in [4.78, 5) is 24.1. The van der Waals surface area contributed by atoms with Crippen LogP contribution in [-0.4, -0.2) is 16.9 Å². The number of thiophene rings is 1. The molecule has 2 rings (SSSR count). The number of ketones is 1. The lowest BCUT2D eigenvalue weighted by Gasteiger charge is -2.12. The SMILES string of the molecule is O=C(O)CC(C(=O)c1ccc(Cl)cc1)c1cccs1. The minimum Gasteiger partial charge on any atom is -0.481 e. The molecule has 1 atom stereocenters. The van der Waals surface area contributed by atoms with Gasteiger partial charge in [0, 0.05) is 15.5 Å². The molecule has 5 heteroatoms. The first-order valence-corrected chi connectivity index (χ1v) is 6.88. The van der Waals surface area contributed by atoms with Crippen LogP contribution in [0.25, 0.3) is 0 Å². The summed E-state index contributed by atoms with van der Waals surface area (Å²) in [6.07, 6.45) is -0.206. The van der Waals surface area contributed by atoms with E-state index in [1.54, 1.807) is 30.3 Å². The smallest absolute Gasteiger partial charge is 0.304 e. The van der Waals surface area contributed by atoms with E-state index in [1.807, 2.05) is 11.4 Å². The summed E-state index contributed by atoms with van der Waals surface area (Å²) in [6, 6.07) is 10.1. The zero-order valence-electron chi connectivity index (χ0n) is 9.88. The molecule has 0 aliphatic carbocycles. The molecule has 0 saturated heterocycles. The number of hydrogen-bond acceptors (Lipinski definition) is 3. The van der Waals surface area contributed by atoms with Crippen LogP contribution in [0.4, 0.5) is 0 Å². The van der Waals surface area contributed by atoms with Crippen LogP contribution >= 0.6 is 22.9 Å². The molecule has 0 fully saturated rings. The Hall–Kier alpha value is -1.65. The Balaban J connectivity index is 2.30. The van der Waals surface area contributed by atoms with Crippen LogP contribution in [0.15, 0.2) is 41.8 Å². The van der Waals surface area contributed by atoms with Crippen LogP contribution in [-0.2, 0) is 4.79 Å². The monoisotopic (exact) mass is 294 g/mol. The van der Waals surface area contributed by atoms with Crippen molar-refractivity contribution in [1.29, 1.82) is 0 Å². The van der Waals surface area contributed by atoms with Gasteiger partial charge in [0.1, 0.15) is 0 Å². The Bertz CT molecular complexity index is 575. The first-order valence-electron chi connectivity index (χ1n) is 5.63. The lowest BCUT2D eigenvalue weighted by atomic mass is 9.93. The average molecular weight is 295 g/mol. The number of Topliss-reactive ketones (excluding diaryl/α,β-unsaturated/α-hetero) is 1. The predicted octanol–water partition coefficient (Wildman–Crippen LogP) is 3.84. The summed E-state index contributed by atoms with van der Waals surface area (Å²) in [5, 5.41) is 11.3. The van der Waals surface area contributed by atoms with Gasteiger partial charge in [-0.25, -0.2) is 0 Å². The molecule has 3 nitrogen and oxygen atoms in total. The third kappa shape index (κ3) is 3.43. The number of carboxylic acid groups (broad SMARTS) is 1. The van der Waals surface area contributed by atoms with Crippen LogP contribution in [0, 0.1) is 0 Å². The Morgan fingerprint density at radius 1 is 1.21 bits per heavy atom. The molecule has 1 unspecified atom stereocenters. The number of aliphatic carboxylic acids is 1. The fourth-order valence-electron chi connectivity index (χ4n) is 1.80. The number of halogens is 1. The molecule has 19 heavy (non-hydrogen) atoms. The highest BCUT2D eigenvalue weighted by Crippen LogP contribution is 2.28. The van der Waals surface area contributed by atoms with Gasteiger partial charge < -0.3 is 5.11 Å². The molecule has 1 aromatic heterocycles. The molecule has 0 spiro atoms. The molecule has 1 N–H and O–H groups in total. The topological polar surface area (TPSA) is 54.4 Å². The minimum atomic E-state index is -0.985. The molecule has 0 aliphatic heterocycles. The van der Waals surface area contributed by atoms with E-state index in [4.69, 9.17) is 16.7 Å². The maximum atomic E-state index is 12.4. The van der Waals surface area contributed by atoms with Gasteiger partial charge in [-0.3, -0.25) is 9.59 Å². The Morgan fingerprint density at radius 3 is 2.42 bits per heavy atom. The highest BCUT2D eigenvalue weighted by Gasteiger charge is 2.25. The van der Waals surface area contributed by atoms with E-state index < -0.39 is 11.9 Å². The molecular weight excluding hydrogens is 284 g/mol. The number of carbonyl (C=O) groups is 2. The van der Waals surface area contributed by atoms with Crippen molar-refractivity contribution in [2.24, 2.45) is 0 Å². The van der Waals surface area contributed by atoms with Crippen molar-refractivity contribution in [2.75, 3.05) is 0 Å². The maximum Gasteiger partial charge on any atom is 0.304 e. The maximum absolute atomic E-state index is 12.4. The van der Waals surface area contributed by atoms with Crippen molar-refractivity contribution >= 4 is 34.7 Å². The van der Waals surface area contributed by atoms with Gasteiger partial charge in [-0.15, -0.1) is 11.3 Å². The summed E-state index contributed by atoms with van der Waals surface area (Å²) < 4.78 is 0. The van der Waals surface area contributed by atoms with E-state index in [-0.39, 0.29) is 12.2 Å². The predicted molar refractivity (Wildman–Crippen MR) is 75.1 cm³/mol. The number of hydrogen-bond donors (Lipinski definition) is 1. The van der Waals surface area contributed by atoms with Gasteiger partial charge >= 0.3 is 5.97 Å². The third-order valence-electron chi connectivity index (χ3n) is 2.71. The minimum absolute atomic E-state index is 0.193. The Labute approximate surface area is 119 Å². The second-order valence-electron chi connectivity index (χ2n) is 4.04. The van der Waals surface area contributed by atoms with Gasteiger partial charge in [0.05, 0.1) is 12.3 Å². The van der Waals surface area contributed by atoms with Gasteiger partial charge in [-0.05, 0) is 35.7 Å². The fraction of sp³-hybridized carbons (Fsp3) is 0.143. The van der Waals surface area contributed by atoms with E-state index in [1.165, 1.54) is 11.3 Å². The molecule has 0 amide bonds. The standard InChI is InChI=1S/C14H11ClO3S/c15-10-5-3-9(4-6-10)14(18)11(8-13(16)17)12-2-1-7-19-12/h1-7,11H,8H2,(H,16,17). The van der Waals surface area contributed by atoms with Gasteiger partial charge in [-0.1, -0.05) is 17.7 Å². The number of carboxylic acids is 1. The molecule has 0 saturated carbocycles. The molecular formula is C14H11ClO3S. The lowest BCUT2D eigenvalue weighted by Crippen LogP contribution is -2.15. The van der Waals surface area contributed by atoms with Crippen molar-refractivity contribution < 1.29 is 14.7 Å². The van der Waals surface area contributed by atoms with E-state index in [0.717, 1.165) is 4.88 Å². The average Bonchev–Trinajstić information content (AvgIpc) is 2.89. The molecule has 0 aliphatic rings. The first-order chi connectivity index (χ1) is 9.08. The Morgan fingerprint density at radius 2 is 1.89 bits per heavy atom. The lowest BCUT2D eigenvalue weighted by molar-refractivity contribution is -0.137. The summed E-state index contributed by atoms with van der Waals surface area (Å²) in [7, 11) is 0. The molecule has 2 aromatic rings. The highest BCUT2D eigenvalue weighted by atomic mass is 35.5. The van der Waals surface area contributed by atoms with Crippen LogP contribution in [0.2, 0.25) is 5.02 Å². The fourth-order valence-corrected chi connectivity index (χ4v) is 2.75. The van der Waals surface area contributed by atoms with Gasteiger partial charge in [0.25, 0.3) is 0 Å². The largest absolute Gasteiger partial charge is 0.481 e. The van der Waals surface area contributed by atoms with Crippen LogP contribution < -0.4 is 0 Å². The summed E-state index contributed by atoms with van der Waals surface area (Å²) in [5.74, 6) is -1.82.